The van der Waals surface area contributed by atoms with Crippen LogP contribution in [0.4, 0.5) is 10.6 Å². The van der Waals surface area contributed by atoms with Crippen molar-refractivity contribution in [3.8, 4) is 5.69 Å². The molecule has 2 N–H and O–H groups in total. The predicted octanol–water partition coefficient (Wildman–Crippen LogP) is 2.79. The Balaban J connectivity index is 1.62. The summed E-state index contributed by atoms with van der Waals surface area (Å²) in [5, 5.41) is 10.3. The molecular weight excluding hydrogens is 302 g/mol. The molecule has 0 bridgehead atoms. The van der Waals surface area contributed by atoms with Gasteiger partial charge in [0.1, 0.15) is 5.82 Å². The number of piperidine rings is 1. The van der Waals surface area contributed by atoms with Gasteiger partial charge in [-0.25, -0.2) is 9.48 Å². The predicted molar refractivity (Wildman–Crippen MR) is 95.6 cm³/mol. The Morgan fingerprint density at radius 3 is 2.71 bits per heavy atom. The summed E-state index contributed by atoms with van der Waals surface area (Å²) in [6.07, 6.45) is 3.69. The molecule has 1 saturated heterocycles. The van der Waals surface area contributed by atoms with Crippen molar-refractivity contribution >= 4 is 11.8 Å². The number of para-hydroxylation sites is 1. The number of benzene rings is 1. The van der Waals surface area contributed by atoms with Gasteiger partial charge in [0, 0.05) is 25.2 Å². The number of nitrogens with zero attached hydrogens (tertiary/aromatic N) is 3. The Morgan fingerprint density at radius 2 is 2.00 bits per heavy atom. The molecule has 0 saturated carbocycles. The SMILES string of the molecule is CCN1CCC(NC(=O)Nc2ccnn2-c2ccccc2C)CC1. The average molecular weight is 327 g/mol. The molecule has 3 rings (SSSR count). The fraction of sp³-hybridized carbons (Fsp3) is 0.444. The van der Waals surface area contributed by atoms with Crippen LogP contribution in [0.25, 0.3) is 5.69 Å². The standard InChI is InChI=1S/C18H25N5O/c1-3-22-12-9-15(10-13-22)20-18(24)21-17-8-11-19-23(17)16-7-5-4-6-14(16)2/h4-8,11,15H,3,9-10,12-13H2,1-2H3,(H2,20,21,24). The number of hydrogen-bond acceptors (Lipinski definition) is 3. The van der Waals surface area contributed by atoms with Crippen molar-refractivity contribution < 1.29 is 4.79 Å². The minimum absolute atomic E-state index is 0.166. The summed E-state index contributed by atoms with van der Waals surface area (Å²) >= 11 is 0. The van der Waals surface area contributed by atoms with Gasteiger partial charge in [-0.15, -0.1) is 0 Å². The zero-order chi connectivity index (χ0) is 16.9. The Bertz CT molecular complexity index is 688. The molecule has 6 nitrogen and oxygen atoms in total. The Morgan fingerprint density at radius 1 is 1.25 bits per heavy atom. The van der Waals surface area contributed by atoms with Crippen molar-refractivity contribution in [1.29, 1.82) is 0 Å². The van der Waals surface area contributed by atoms with Gasteiger partial charge in [-0.3, -0.25) is 5.32 Å². The number of carbonyl (C=O) groups is 1. The summed E-state index contributed by atoms with van der Waals surface area (Å²) < 4.78 is 1.76. The number of rotatable bonds is 4. The van der Waals surface area contributed by atoms with Crippen LogP contribution in [0.1, 0.15) is 25.3 Å². The van der Waals surface area contributed by atoms with Gasteiger partial charge in [-0.2, -0.15) is 5.10 Å². The lowest BCUT2D eigenvalue weighted by Crippen LogP contribution is -2.46. The maximum absolute atomic E-state index is 12.3. The number of likely N-dealkylation sites (tertiary alicyclic amines) is 1. The number of hydrogen-bond donors (Lipinski definition) is 2. The third kappa shape index (κ3) is 3.76. The number of anilines is 1. The number of aromatic nitrogens is 2. The van der Waals surface area contributed by atoms with E-state index in [4.69, 9.17) is 0 Å². The molecule has 0 radical (unpaired) electrons. The van der Waals surface area contributed by atoms with Crippen molar-refractivity contribution in [2.45, 2.75) is 32.7 Å². The van der Waals surface area contributed by atoms with Crippen LogP contribution >= 0.6 is 0 Å². The number of amides is 2. The summed E-state index contributed by atoms with van der Waals surface area (Å²) in [6, 6.07) is 9.86. The topological polar surface area (TPSA) is 62.2 Å². The Labute approximate surface area is 142 Å². The second kappa shape index (κ2) is 7.49. The van der Waals surface area contributed by atoms with E-state index in [2.05, 4.69) is 27.6 Å². The number of carbonyl (C=O) groups excluding carboxylic acids is 1. The molecule has 1 aliphatic rings. The van der Waals surface area contributed by atoms with Crippen LogP contribution in [0, 0.1) is 6.92 Å². The molecule has 0 aliphatic carbocycles. The van der Waals surface area contributed by atoms with E-state index in [1.165, 1.54) is 0 Å². The molecule has 128 valence electrons. The molecule has 1 fully saturated rings. The third-order valence-electron chi connectivity index (χ3n) is 4.60. The molecule has 1 aliphatic heterocycles. The van der Waals surface area contributed by atoms with Crippen molar-refractivity contribution in [3.63, 3.8) is 0 Å². The normalized spacial score (nSPS) is 16.1. The van der Waals surface area contributed by atoms with Gasteiger partial charge in [0.2, 0.25) is 0 Å². The van der Waals surface area contributed by atoms with Gasteiger partial charge in [-0.05, 0) is 37.9 Å². The summed E-state index contributed by atoms with van der Waals surface area (Å²) in [6.45, 7) is 7.37. The fourth-order valence-electron chi connectivity index (χ4n) is 3.12. The van der Waals surface area contributed by atoms with Crippen LogP contribution < -0.4 is 10.6 Å². The van der Waals surface area contributed by atoms with Crippen LogP contribution in [0.5, 0.6) is 0 Å². The first-order valence-electron chi connectivity index (χ1n) is 8.57. The largest absolute Gasteiger partial charge is 0.335 e. The summed E-state index contributed by atoms with van der Waals surface area (Å²) in [5.74, 6) is 0.674. The number of aryl methyl sites for hydroxylation is 1. The van der Waals surface area contributed by atoms with Crippen LogP contribution in [0.15, 0.2) is 36.5 Å². The second-order valence-corrected chi connectivity index (χ2v) is 6.22. The molecule has 24 heavy (non-hydrogen) atoms. The van der Waals surface area contributed by atoms with Gasteiger partial charge < -0.3 is 10.2 Å². The lowest BCUT2D eigenvalue weighted by Gasteiger charge is -2.31. The van der Waals surface area contributed by atoms with E-state index in [-0.39, 0.29) is 12.1 Å². The quantitative estimate of drug-likeness (QED) is 0.908. The summed E-state index contributed by atoms with van der Waals surface area (Å²) in [7, 11) is 0. The van der Waals surface area contributed by atoms with Gasteiger partial charge in [0.15, 0.2) is 0 Å². The molecule has 2 aromatic rings. The highest BCUT2D eigenvalue weighted by Gasteiger charge is 2.20. The van der Waals surface area contributed by atoms with Crippen molar-refractivity contribution in [1.82, 2.24) is 20.0 Å². The highest BCUT2D eigenvalue weighted by molar-refractivity contribution is 5.88. The molecule has 2 amide bonds. The first-order chi connectivity index (χ1) is 11.7. The van der Waals surface area contributed by atoms with E-state index in [0.717, 1.165) is 43.7 Å². The minimum atomic E-state index is -0.166. The average Bonchev–Trinajstić information content (AvgIpc) is 3.03. The first-order valence-corrected chi connectivity index (χ1v) is 8.57. The van der Waals surface area contributed by atoms with Crippen LogP contribution in [0.3, 0.4) is 0 Å². The molecule has 0 unspecified atom stereocenters. The third-order valence-corrected chi connectivity index (χ3v) is 4.60. The van der Waals surface area contributed by atoms with E-state index in [1.807, 2.05) is 37.3 Å². The maximum atomic E-state index is 12.3. The summed E-state index contributed by atoms with van der Waals surface area (Å²) in [5.41, 5.74) is 2.07. The lowest BCUT2D eigenvalue weighted by molar-refractivity contribution is 0.203. The van der Waals surface area contributed by atoms with Gasteiger partial charge in [0.05, 0.1) is 11.9 Å². The smallest absolute Gasteiger partial charge is 0.320 e. The zero-order valence-electron chi connectivity index (χ0n) is 14.3. The van der Waals surface area contributed by atoms with Gasteiger partial charge >= 0.3 is 6.03 Å². The van der Waals surface area contributed by atoms with Gasteiger partial charge in [0.25, 0.3) is 0 Å². The zero-order valence-corrected chi connectivity index (χ0v) is 14.3. The highest BCUT2D eigenvalue weighted by atomic mass is 16.2. The van der Waals surface area contributed by atoms with E-state index in [0.29, 0.717) is 5.82 Å². The van der Waals surface area contributed by atoms with E-state index in [9.17, 15) is 4.79 Å². The van der Waals surface area contributed by atoms with Crippen molar-refractivity contribution in [3.05, 3.63) is 42.1 Å². The monoisotopic (exact) mass is 327 g/mol. The van der Waals surface area contributed by atoms with Crippen LogP contribution in [-0.2, 0) is 0 Å². The van der Waals surface area contributed by atoms with E-state index >= 15 is 0 Å². The minimum Gasteiger partial charge on any atom is -0.335 e. The van der Waals surface area contributed by atoms with Crippen LogP contribution in [-0.4, -0.2) is 46.4 Å². The van der Waals surface area contributed by atoms with Crippen molar-refractivity contribution in [2.24, 2.45) is 0 Å². The molecule has 6 heteroatoms. The maximum Gasteiger partial charge on any atom is 0.320 e. The van der Waals surface area contributed by atoms with Crippen molar-refractivity contribution in [2.75, 3.05) is 25.0 Å². The molecular formula is C18H25N5O. The second-order valence-electron chi connectivity index (χ2n) is 6.22. The highest BCUT2D eigenvalue weighted by Crippen LogP contribution is 2.18. The molecule has 1 aromatic carbocycles. The first kappa shape index (κ1) is 16.5. The fourth-order valence-corrected chi connectivity index (χ4v) is 3.12. The Hall–Kier alpha value is -2.34. The number of nitrogens with one attached hydrogen (secondary N) is 2. The molecule has 2 heterocycles. The van der Waals surface area contributed by atoms with Gasteiger partial charge in [-0.1, -0.05) is 25.1 Å². The number of urea groups is 1. The molecule has 1 aromatic heterocycles. The van der Waals surface area contributed by atoms with Crippen LogP contribution in [0.2, 0.25) is 0 Å². The van der Waals surface area contributed by atoms with E-state index < -0.39 is 0 Å². The van der Waals surface area contributed by atoms with E-state index in [1.54, 1.807) is 10.9 Å². The summed E-state index contributed by atoms with van der Waals surface area (Å²) in [4.78, 5) is 14.7. The molecule has 0 atom stereocenters. The molecule has 0 spiro atoms. The Kier molecular flexibility index (Phi) is 5.15. The lowest BCUT2D eigenvalue weighted by atomic mass is 10.1.